The molecule has 26 heavy (non-hydrogen) atoms. The molecule has 3 atom stereocenters. The normalized spacial score (nSPS) is 35.6. The van der Waals surface area contributed by atoms with Crippen LogP contribution in [0.3, 0.4) is 0 Å². The van der Waals surface area contributed by atoms with Crippen LogP contribution < -0.4 is 0 Å². The van der Waals surface area contributed by atoms with Gasteiger partial charge in [-0.1, -0.05) is 12.5 Å². The van der Waals surface area contributed by atoms with E-state index >= 15 is 0 Å². The number of ether oxygens (including phenoxy) is 1. The molecule has 4 heteroatoms. The van der Waals surface area contributed by atoms with E-state index in [9.17, 15) is 5.11 Å². The molecule has 2 bridgehead atoms. The van der Waals surface area contributed by atoms with Crippen molar-refractivity contribution in [1.29, 1.82) is 0 Å². The van der Waals surface area contributed by atoms with E-state index in [1.54, 1.807) is 0 Å². The second-order valence-corrected chi connectivity index (χ2v) is 9.67. The third-order valence-electron chi connectivity index (χ3n) is 7.70. The summed E-state index contributed by atoms with van der Waals surface area (Å²) in [5, 5.41) is 10.1. The van der Waals surface area contributed by atoms with Gasteiger partial charge in [-0.15, -0.1) is 12.4 Å². The van der Waals surface area contributed by atoms with Crippen LogP contribution >= 0.6 is 12.4 Å². The van der Waals surface area contributed by atoms with Crippen LogP contribution in [0.25, 0.3) is 0 Å². The Morgan fingerprint density at radius 1 is 1.27 bits per heavy atom. The highest BCUT2D eigenvalue weighted by atomic mass is 35.5. The fourth-order valence-corrected chi connectivity index (χ4v) is 6.09. The Labute approximate surface area is 163 Å². The van der Waals surface area contributed by atoms with Gasteiger partial charge < -0.3 is 9.84 Å². The van der Waals surface area contributed by atoms with Gasteiger partial charge in [-0.3, -0.25) is 4.90 Å². The van der Waals surface area contributed by atoms with Gasteiger partial charge >= 0.3 is 0 Å². The molecule has 0 spiro atoms. The molecule has 0 amide bonds. The maximum atomic E-state index is 10.1. The first-order valence-corrected chi connectivity index (χ1v) is 10.2. The Morgan fingerprint density at radius 2 is 2.08 bits per heavy atom. The number of phenolic OH excluding ortho intramolecular Hbond substituents is 1. The van der Waals surface area contributed by atoms with Gasteiger partial charge in [0.25, 0.3) is 0 Å². The first kappa shape index (κ1) is 18.6. The molecule has 1 saturated carbocycles. The number of hydrogen-bond donors (Lipinski definition) is 1. The van der Waals surface area contributed by atoms with Crippen molar-refractivity contribution < 1.29 is 9.84 Å². The zero-order valence-corrected chi connectivity index (χ0v) is 16.9. The Balaban J connectivity index is 0.00000168. The lowest BCUT2D eigenvalue weighted by atomic mass is 9.54. The van der Waals surface area contributed by atoms with E-state index in [1.165, 1.54) is 49.9 Å². The minimum Gasteiger partial charge on any atom is -0.508 e. The predicted octanol–water partition coefficient (Wildman–Crippen LogP) is 4.30. The zero-order chi connectivity index (χ0) is 17.2. The topological polar surface area (TPSA) is 32.7 Å². The molecule has 3 nitrogen and oxygen atoms in total. The van der Waals surface area contributed by atoms with Gasteiger partial charge in [0.05, 0.1) is 12.2 Å². The van der Waals surface area contributed by atoms with E-state index in [0.717, 1.165) is 25.4 Å². The van der Waals surface area contributed by atoms with Gasteiger partial charge in [0, 0.05) is 18.0 Å². The number of fused-ring (bicyclic) bond motifs is 1. The molecule has 3 fully saturated rings. The van der Waals surface area contributed by atoms with Crippen LogP contribution in [0.5, 0.6) is 5.75 Å². The lowest BCUT2D eigenvalue weighted by Crippen LogP contribution is -2.66. The third-order valence-corrected chi connectivity index (χ3v) is 7.70. The molecule has 2 aliphatic carbocycles. The number of benzene rings is 1. The van der Waals surface area contributed by atoms with Gasteiger partial charge in [0.1, 0.15) is 5.75 Å². The zero-order valence-electron chi connectivity index (χ0n) is 16.0. The largest absolute Gasteiger partial charge is 0.508 e. The molecule has 4 aliphatic rings. The van der Waals surface area contributed by atoms with E-state index in [-0.39, 0.29) is 23.4 Å². The molecule has 0 unspecified atom stereocenters. The number of piperidine rings is 1. The van der Waals surface area contributed by atoms with E-state index in [0.29, 0.717) is 17.7 Å². The van der Waals surface area contributed by atoms with Crippen LogP contribution in [-0.4, -0.2) is 41.3 Å². The van der Waals surface area contributed by atoms with Crippen LogP contribution in [0.4, 0.5) is 0 Å². The molecule has 2 heterocycles. The van der Waals surface area contributed by atoms with Gasteiger partial charge in [-0.05, 0) is 87.6 Å². The molecule has 1 aromatic rings. The second kappa shape index (κ2) is 6.39. The Bertz CT molecular complexity index is 687. The summed E-state index contributed by atoms with van der Waals surface area (Å²) in [6.07, 6.45) is 7.74. The smallest absolute Gasteiger partial charge is 0.115 e. The molecular formula is C22H32ClNO2. The van der Waals surface area contributed by atoms with Crippen molar-refractivity contribution in [1.82, 2.24) is 4.90 Å². The number of hydrogen-bond acceptors (Lipinski definition) is 3. The summed E-state index contributed by atoms with van der Waals surface area (Å²) in [5.41, 5.74) is 2.91. The molecule has 0 aromatic heterocycles. The highest BCUT2D eigenvalue weighted by molar-refractivity contribution is 5.85. The van der Waals surface area contributed by atoms with E-state index in [2.05, 4.69) is 24.8 Å². The number of rotatable bonds is 2. The van der Waals surface area contributed by atoms with Crippen LogP contribution in [0.15, 0.2) is 18.2 Å². The quantitative estimate of drug-likeness (QED) is 0.834. The summed E-state index contributed by atoms with van der Waals surface area (Å²) >= 11 is 0. The Kier molecular flexibility index (Phi) is 4.57. The summed E-state index contributed by atoms with van der Waals surface area (Å²) in [4.78, 5) is 2.82. The molecular weight excluding hydrogens is 346 g/mol. The fourth-order valence-electron chi connectivity index (χ4n) is 6.09. The van der Waals surface area contributed by atoms with Crippen molar-refractivity contribution in [2.24, 2.45) is 11.8 Å². The van der Waals surface area contributed by atoms with Crippen LogP contribution in [-0.2, 0) is 16.6 Å². The highest BCUT2D eigenvalue weighted by Gasteiger charge is 2.57. The van der Waals surface area contributed by atoms with Crippen LogP contribution in [0.1, 0.15) is 57.1 Å². The van der Waals surface area contributed by atoms with Gasteiger partial charge in [0.2, 0.25) is 0 Å². The maximum absolute atomic E-state index is 10.1. The molecule has 0 radical (unpaired) electrons. The minimum atomic E-state index is -0.0276. The van der Waals surface area contributed by atoms with Crippen molar-refractivity contribution >= 4 is 12.4 Å². The van der Waals surface area contributed by atoms with Gasteiger partial charge in [-0.25, -0.2) is 0 Å². The third kappa shape index (κ3) is 2.78. The van der Waals surface area contributed by atoms with E-state index in [4.69, 9.17) is 4.74 Å². The number of phenols is 1. The fraction of sp³-hybridized carbons (Fsp3) is 0.727. The van der Waals surface area contributed by atoms with Gasteiger partial charge in [0.15, 0.2) is 0 Å². The average Bonchev–Trinajstić information content (AvgIpc) is 2.52. The van der Waals surface area contributed by atoms with E-state index < -0.39 is 0 Å². The summed E-state index contributed by atoms with van der Waals surface area (Å²) in [6.45, 7) is 7.81. The van der Waals surface area contributed by atoms with Crippen molar-refractivity contribution in [2.45, 2.75) is 69.4 Å². The Morgan fingerprint density at radius 3 is 2.81 bits per heavy atom. The monoisotopic (exact) mass is 377 g/mol. The SMILES string of the molecule is CC1(C)C[C@H]2[C@H]3Cc4ccc(O)cc4[C@@]2(CCN3CC2CCC2)CO1.Cl. The van der Waals surface area contributed by atoms with Crippen molar-refractivity contribution in [3.05, 3.63) is 29.3 Å². The van der Waals surface area contributed by atoms with Crippen molar-refractivity contribution in [3.63, 3.8) is 0 Å². The summed E-state index contributed by atoms with van der Waals surface area (Å²) < 4.78 is 6.36. The van der Waals surface area contributed by atoms with Crippen molar-refractivity contribution in [3.8, 4) is 5.75 Å². The van der Waals surface area contributed by atoms with Crippen LogP contribution in [0.2, 0.25) is 0 Å². The molecule has 1 N–H and O–H groups in total. The molecule has 5 rings (SSSR count). The first-order chi connectivity index (χ1) is 12.0. The number of nitrogens with zero attached hydrogens (tertiary/aromatic N) is 1. The summed E-state index contributed by atoms with van der Waals surface area (Å²) in [6, 6.07) is 6.73. The average molecular weight is 378 g/mol. The molecule has 2 saturated heterocycles. The van der Waals surface area contributed by atoms with E-state index in [1.807, 2.05) is 12.1 Å². The number of aromatic hydroxyl groups is 1. The minimum absolute atomic E-state index is 0. The van der Waals surface area contributed by atoms with Crippen LogP contribution in [0, 0.1) is 11.8 Å². The lowest BCUT2D eigenvalue weighted by molar-refractivity contribution is -0.157. The molecule has 1 aromatic carbocycles. The molecule has 2 aliphatic heterocycles. The lowest BCUT2D eigenvalue weighted by Gasteiger charge is -2.61. The number of likely N-dealkylation sites (tertiary alicyclic amines) is 1. The summed E-state index contributed by atoms with van der Waals surface area (Å²) in [7, 11) is 0. The Hall–Kier alpha value is -0.770. The predicted molar refractivity (Wildman–Crippen MR) is 106 cm³/mol. The standard InChI is InChI=1S/C22H31NO2.ClH/c1-21(2)12-19-20-10-16-6-7-17(24)11-18(16)22(19,14-25-21)8-9-23(20)13-15-4-3-5-15;/h6-7,11,15,19-20,24H,3-5,8-10,12-14H2,1-2H3;1H/t19-,20+,22+;/m0./s1. The summed E-state index contributed by atoms with van der Waals surface area (Å²) in [5.74, 6) is 1.99. The number of halogens is 1. The highest BCUT2D eigenvalue weighted by Crippen LogP contribution is 2.55. The molecule has 144 valence electrons. The van der Waals surface area contributed by atoms with Gasteiger partial charge in [-0.2, -0.15) is 0 Å². The second-order valence-electron chi connectivity index (χ2n) is 9.67. The first-order valence-electron chi connectivity index (χ1n) is 10.2. The van der Waals surface area contributed by atoms with Crippen molar-refractivity contribution in [2.75, 3.05) is 19.7 Å². The maximum Gasteiger partial charge on any atom is 0.115 e.